The molecule has 0 amide bonds. The van der Waals surface area contributed by atoms with Gasteiger partial charge in [-0.2, -0.15) is 0 Å². The molecule has 3 aromatic rings. The molecular formula is C20H16Sb. The van der Waals surface area contributed by atoms with Crippen LogP contribution in [0.5, 0.6) is 0 Å². The van der Waals surface area contributed by atoms with Gasteiger partial charge in [0.25, 0.3) is 0 Å². The maximum atomic E-state index is 2.31. The molecule has 1 aliphatic heterocycles. The first kappa shape index (κ1) is 13.2. The van der Waals surface area contributed by atoms with E-state index in [-0.39, 0.29) is 21.6 Å². The Balaban J connectivity index is 1.83. The molecule has 0 bridgehead atoms. The monoisotopic (exact) mass is 377 g/mol. The summed E-state index contributed by atoms with van der Waals surface area (Å²) in [6, 6.07) is 33.2. The third-order valence-electron chi connectivity index (χ3n) is 4.20. The van der Waals surface area contributed by atoms with Crippen LogP contribution in [0.4, 0.5) is 0 Å². The molecule has 0 saturated carbocycles. The molecule has 0 aliphatic carbocycles. The van der Waals surface area contributed by atoms with E-state index >= 15 is 0 Å². The standard InChI is InChI=1S/C20H16.Sb/c1-4-10-17(11-5-1)16-20(18-12-6-2-7-13-18)19-14-8-3-9-15-19;/h1-16H;. The van der Waals surface area contributed by atoms with Crippen molar-refractivity contribution < 1.29 is 0 Å². The Morgan fingerprint density at radius 3 is 1.48 bits per heavy atom. The summed E-state index contributed by atoms with van der Waals surface area (Å²) >= 11 is -0.320. The van der Waals surface area contributed by atoms with Crippen molar-refractivity contribution in [2.75, 3.05) is 0 Å². The van der Waals surface area contributed by atoms with Crippen molar-refractivity contribution >= 4 is 21.6 Å². The molecule has 1 atom stereocenters. The van der Waals surface area contributed by atoms with Gasteiger partial charge in [-0.3, -0.25) is 0 Å². The molecule has 1 heterocycles. The van der Waals surface area contributed by atoms with Gasteiger partial charge in [-0.1, -0.05) is 0 Å². The van der Waals surface area contributed by atoms with Gasteiger partial charge in [-0.25, -0.2) is 0 Å². The van der Waals surface area contributed by atoms with Crippen molar-refractivity contribution in [2.24, 2.45) is 0 Å². The van der Waals surface area contributed by atoms with Crippen LogP contribution in [0.15, 0.2) is 91.0 Å². The fourth-order valence-corrected chi connectivity index (χ4v) is 7.98. The number of benzene rings is 3. The summed E-state index contributed by atoms with van der Waals surface area (Å²) in [5.41, 5.74) is 4.52. The molecule has 1 aliphatic rings. The topological polar surface area (TPSA) is 0 Å². The molecule has 0 aromatic heterocycles. The van der Waals surface area contributed by atoms with Crippen molar-refractivity contribution in [2.45, 2.75) is 7.23 Å². The first-order chi connectivity index (χ1) is 10.4. The molecule has 4 rings (SSSR count). The zero-order chi connectivity index (χ0) is 14.1. The number of rotatable bonds is 3. The summed E-state index contributed by atoms with van der Waals surface area (Å²) in [6.45, 7) is 0. The van der Waals surface area contributed by atoms with E-state index in [4.69, 9.17) is 0 Å². The summed E-state index contributed by atoms with van der Waals surface area (Å²) in [7, 11) is 0. The second-order valence-corrected chi connectivity index (χ2v) is 9.66. The molecule has 1 heteroatoms. The van der Waals surface area contributed by atoms with Crippen molar-refractivity contribution in [3.05, 3.63) is 108 Å². The molecule has 101 valence electrons. The van der Waals surface area contributed by atoms with Crippen molar-refractivity contribution in [3.8, 4) is 0 Å². The van der Waals surface area contributed by atoms with Gasteiger partial charge < -0.3 is 0 Å². The second kappa shape index (κ2) is 5.35. The van der Waals surface area contributed by atoms with Crippen LogP contribution in [-0.4, -0.2) is 21.6 Å². The Kier molecular flexibility index (Phi) is 3.35. The zero-order valence-corrected chi connectivity index (χ0v) is 14.2. The molecule has 21 heavy (non-hydrogen) atoms. The van der Waals surface area contributed by atoms with E-state index in [0.29, 0.717) is 3.36 Å². The Bertz CT molecular complexity index is 680. The number of hydrogen-bond donors (Lipinski definition) is 0. The van der Waals surface area contributed by atoms with Crippen LogP contribution in [0, 0.1) is 0 Å². The Labute approximate surface area is 136 Å². The first-order valence-electron chi connectivity index (χ1n) is 7.29. The van der Waals surface area contributed by atoms with Crippen molar-refractivity contribution in [3.63, 3.8) is 0 Å². The van der Waals surface area contributed by atoms with Gasteiger partial charge in [-0.15, -0.1) is 0 Å². The molecule has 0 spiro atoms. The van der Waals surface area contributed by atoms with Gasteiger partial charge in [0.2, 0.25) is 0 Å². The molecule has 0 N–H and O–H groups in total. The van der Waals surface area contributed by atoms with E-state index in [1.54, 1.807) is 0 Å². The van der Waals surface area contributed by atoms with Crippen molar-refractivity contribution in [1.29, 1.82) is 0 Å². The molecular weight excluding hydrogens is 362 g/mol. The van der Waals surface area contributed by atoms with Gasteiger partial charge >= 0.3 is 137 Å². The minimum absolute atomic E-state index is 0.307. The average Bonchev–Trinajstić information content (AvgIpc) is 3.34. The van der Waals surface area contributed by atoms with Gasteiger partial charge in [0, 0.05) is 0 Å². The predicted octanol–water partition coefficient (Wildman–Crippen LogP) is 4.39. The summed E-state index contributed by atoms with van der Waals surface area (Å²) in [5, 5.41) is 0. The normalized spacial score (nSPS) is 19.1. The quantitative estimate of drug-likeness (QED) is 0.594. The van der Waals surface area contributed by atoms with Crippen LogP contribution in [0.1, 0.15) is 20.6 Å². The third kappa shape index (κ3) is 2.23. The fraction of sp³-hybridized carbons (Fsp3) is 0.100. The number of hydrogen-bond acceptors (Lipinski definition) is 0. The SMILES string of the molecule is c1ccc([CH]2[Sb][C]2(c2ccccc2)c2ccccc2)cc1. The molecule has 3 aromatic carbocycles. The van der Waals surface area contributed by atoms with E-state index in [1.165, 1.54) is 16.7 Å². The van der Waals surface area contributed by atoms with Gasteiger partial charge in [0.1, 0.15) is 0 Å². The van der Waals surface area contributed by atoms with E-state index in [9.17, 15) is 0 Å². The van der Waals surface area contributed by atoms with Crippen LogP contribution in [0.2, 0.25) is 0 Å². The van der Waals surface area contributed by atoms with Crippen molar-refractivity contribution in [1.82, 2.24) is 0 Å². The van der Waals surface area contributed by atoms with E-state index in [2.05, 4.69) is 91.0 Å². The van der Waals surface area contributed by atoms with E-state index < -0.39 is 0 Å². The van der Waals surface area contributed by atoms with Crippen LogP contribution in [0.3, 0.4) is 0 Å². The summed E-state index contributed by atoms with van der Waals surface area (Å²) < 4.78 is 1.04. The van der Waals surface area contributed by atoms with E-state index in [1.807, 2.05) is 0 Å². The van der Waals surface area contributed by atoms with Gasteiger partial charge in [0.15, 0.2) is 0 Å². The second-order valence-electron chi connectivity index (χ2n) is 5.44. The van der Waals surface area contributed by atoms with E-state index in [0.717, 1.165) is 3.86 Å². The molecule has 0 nitrogen and oxygen atoms in total. The first-order valence-corrected chi connectivity index (χ1v) is 10.0. The van der Waals surface area contributed by atoms with Crippen LogP contribution < -0.4 is 0 Å². The van der Waals surface area contributed by atoms with Gasteiger partial charge in [-0.05, 0) is 0 Å². The van der Waals surface area contributed by atoms with Crippen LogP contribution >= 0.6 is 0 Å². The van der Waals surface area contributed by atoms with Crippen LogP contribution in [0.25, 0.3) is 0 Å². The summed E-state index contributed by atoms with van der Waals surface area (Å²) in [5.74, 6) is 0. The Morgan fingerprint density at radius 1 is 0.571 bits per heavy atom. The molecule has 1 saturated heterocycles. The van der Waals surface area contributed by atoms with Crippen LogP contribution in [-0.2, 0) is 3.36 Å². The fourth-order valence-electron chi connectivity index (χ4n) is 3.13. The van der Waals surface area contributed by atoms with Gasteiger partial charge in [0.05, 0.1) is 0 Å². The molecule has 1 radical (unpaired) electrons. The summed E-state index contributed by atoms with van der Waals surface area (Å²) in [6.07, 6.45) is 0. The average molecular weight is 378 g/mol. The minimum atomic E-state index is -0.320. The Morgan fingerprint density at radius 2 is 1.00 bits per heavy atom. The molecule has 1 unspecified atom stereocenters. The summed E-state index contributed by atoms with van der Waals surface area (Å²) in [4.78, 5) is 0. The third-order valence-corrected chi connectivity index (χ3v) is 9.48. The predicted molar refractivity (Wildman–Crippen MR) is 88.6 cm³/mol. The molecule has 1 fully saturated rings. The Hall–Kier alpha value is -1.52. The maximum absolute atomic E-state index is 2.31. The zero-order valence-electron chi connectivity index (χ0n) is 11.7.